The summed E-state index contributed by atoms with van der Waals surface area (Å²) in [6, 6.07) is 0.464. The van der Waals surface area contributed by atoms with Crippen LogP contribution in [-0.4, -0.2) is 33.6 Å². The van der Waals surface area contributed by atoms with Crippen LogP contribution in [0.15, 0.2) is 0 Å². The molecule has 1 saturated heterocycles. The van der Waals surface area contributed by atoms with Gasteiger partial charge in [-0.05, 0) is 44.6 Å². The Labute approximate surface area is 115 Å². The number of aromatic nitrogens is 2. The second kappa shape index (κ2) is 5.76. The summed E-state index contributed by atoms with van der Waals surface area (Å²) in [7, 11) is 0. The molecule has 4 heteroatoms. The van der Waals surface area contributed by atoms with E-state index in [0.29, 0.717) is 18.4 Å². The molecule has 2 atom stereocenters. The van der Waals surface area contributed by atoms with Crippen LogP contribution in [-0.2, 0) is 4.79 Å². The molecule has 2 rings (SSSR count). The zero-order valence-electron chi connectivity index (χ0n) is 12.5. The molecule has 1 aromatic rings. The molecule has 0 bridgehead atoms. The Morgan fingerprint density at radius 3 is 2.84 bits per heavy atom. The number of aryl methyl sites for hydroxylation is 2. The molecule has 2 heterocycles. The standard InChI is InChI=1S/C15H25N3O/c1-5-13-7-6-8-18(13)14(19)9-10(2)15-11(3)16-17-12(15)4/h10,13H,5-9H2,1-4H3,(H,16,17). The SMILES string of the molecule is CCC1CCCN1C(=O)CC(C)c1c(C)n[nH]c1C. The Hall–Kier alpha value is -1.32. The molecular formula is C15H25N3O. The van der Waals surface area contributed by atoms with Crippen molar-refractivity contribution in [1.29, 1.82) is 0 Å². The minimum Gasteiger partial charge on any atom is -0.340 e. The van der Waals surface area contributed by atoms with E-state index in [9.17, 15) is 4.79 Å². The predicted molar refractivity (Wildman–Crippen MR) is 76.1 cm³/mol. The maximum Gasteiger partial charge on any atom is 0.223 e. The molecule has 1 N–H and O–H groups in total. The van der Waals surface area contributed by atoms with Gasteiger partial charge in [0.1, 0.15) is 0 Å². The topological polar surface area (TPSA) is 49.0 Å². The van der Waals surface area contributed by atoms with Gasteiger partial charge in [0, 0.05) is 24.7 Å². The Kier molecular flexibility index (Phi) is 4.27. The Balaban J connectivity index is 2.03. The largest absolute Gasteiger partial charge is 0.340 e. The Bertz CT molecular complexity index is 433. The maximum atomic E-state index is 12.4. The summed E-state index contributed by atoms with van der Waals surface area (Å²) in [5.74, 6) is 0.543. The van der Waals surface area contributed by atoms with Crippen LogP contribution >= 0.6 is 0 Å². The van der Waals surface area contributed by atoms with E-state index in [1.54, 1.807) is 0 Å². The van der Waals surface area contributed by atoms with Crippen molar-refractivity contribution in [2.24, 2.45) is 0 Å². The molecule has 2 unspecified atom stereocenters. The molecule has 0 radical (unpaired) electrons. The van der Waals surface area contributed by atoms with Crippen LogP contribution in [0.25, 0.3) is 0 Å². The van der Waals surface area contributed by atoms with Gasteiger partial charge in [-0.1, -0.05) is 13.8 Å². The Morgan fingerprint density at radius 2 is 2.26 bits per heavy atom. The molecule has 1 fully saturated rings. The van der Waals surface area contributed by atoms with Crippen molar-refractivity contribution in [3.63, 3.8) is 0 Å². The van der Waals surface area contributed by atoms with Crippen LogP contribution in [0.3, 0.4) is 0 Å². The van der Waals surface area contributed by atoms with Crippen molar-refractivity contribution < 1.29 is 4.79 Å². The van der Waals surface area contributed by atoms with Gasteiger partial charge in [-0.25, -0.2) is 0 Å². The third-order valence-corrected chi connectivity index (χ3v) is 4.33. The normalized spacial score (nSPS) is 20.8. The van der Waals surface area contributed by atoms with Crippen LogP contribution in [0.2, 0.25) is 0 Å². The molecule has 0 aliphatic carbocycles. The summed E-state index contributed by atoms with van der Waals surface area (Å²) >= 11 is 0. The first-order valence-electron chi connectivity index (χ1n) is 7.35. The molecule has 1 amide bonds. The number of hydrogen-bond donors (Lipinski definition) is 1. The molecule has 0 spiro atoms. The average molecular weight is 263 g/mol. The average Bonchev–Trinajstić information content (AvgIpc) is 2.95. The molecule has 1 aliphatic rings. The zero-order chi connectivity index (χ0) is 14.0. The van der Waals surface area contributed by atoms with Crippen molar-refractivity contribution in [3.05, 3.63) is 17.0 Å². The molecule has 106 valence electrons. The molecule has 19 heavy (non-hydrogen) atoms. The van der Waals surface area contributed by atoms with Crippen LogP contribution in [0, 0.1) is 13.8 Å². The summed E-state index contributed by atoms with van der Waals surface area (Å²) in [5.41, 5.74) is 3.32. The van der Waals surface area contributed by atoms with Crippen LogP contribution in [0.4, 0.5) is 0 Å². The zero-order valence-corrected chi connectivity index (χ0v) is 12.5. The highest BCUT2D eigenvalue weighted by Crippen LogP contribution is 2.27. The molecule has 0 aromatic carbocycles. The van der Waals surface area contributed by atoms with Crippen molar-refractivity contribution in [2.45, 2.75) is 65.3 Å². The van der Waals surface area contributed by atoms with Gasteiger partial charge >= 0.3 is 0 Å². The van der Waals surface area contributed by atoms with E-state index < -0.39 is 0 Å². The monoisotopic (exact) mass is 263 g/mol. The lowest BCUT2D eigenvalue weighted by molar-refractivity contribution is -0.132. The van der Waals surface area contributed by atoms with Crippen molar-refractivity contribution >= 4 is 5.91 Å². The first-order chi connectivity index (χ1) is 9.04. The second-order valence-electron chi connectivity index (χ2n) is 5.74. The van der Waals surface area contributed by atoms with Gasteiger partial charge in [0.15, 0.2) is 0 Å². The van der Waals surface area contributed by atoms with Crippen LogP contribution < -0.4 is 0 Å². The van der Waals surface area contributed by atoms with Crippen molar-refractivity contribution in [2.75, 3.05) is 6.54 Å². The number of H-pyrrole nitrogens is 1. The number of carbonyl (C=O) groups excluding carboxylic acids is 1. The molecule has 1 aliphatic heterocycles. The number of aromatic amines is 1. The quantitative estimate of drug-likeness (QED) is 0.908. The number of likely N-dealkylation sites (tertiary alicyclic amines) is 1. The van der Waals surface area contributed by atoms with E-state index in [1.807, 2.05) is 13.8 Å². The number of rotatable bonds is 4. The lowest BCUT2D eigenvalue weighted by Gasteiger charge is -2.25. The predicted octanol–water partition coefficient (Wildman–Crippen LogP) is 2.92. The minimum absolute atomic E-state index is 0.240. The van der Waals surface area contributed by atoms with Crippen molar-refractivity contribution in [1.82, 2.24) is 15.1 Å². The van der Waals surface area contributed by atoms with E-state index in [0.717, 1.165) is 30.8 Å². The number of amides is 1. The number of nitrogens with zero attached hydrogens (tertiary/aromatic N) is 2. The van der Waals surface area contributed by atoms with Gasteiger partial charge in [0.2, 0.25) is 5.91 Å². The highest BCUT2D eigenvalue weighted by molar-refractivity contribution is 5.77. The summed E-state index contributed by atoms with van der Waals surface area (Å²) in [5, 5.41) is 7.23. The molecule has 1 aromatic heterocycles. The first kappa shape index (κ1) is 14.1. The molecule has 4 nitrogen and oxygen atoms in total. The van der Waals surface area contributed by atoms with Crippen LogP contribution in [0.5, 0.6) is 0 Å². The summed E-state index contributed by atoms with van der Waals surface area (Å²) in [6.45, 7) is 9.27. The molecular weight excluding hydrogens is 238 g/mol. The van der Waals surface area contributed by atoms with Gasteiger partial charge in [-0.15, -0.1) is 0 Å². The summed E-state index contributed by atoms with van der Waals surface area (Å²) < 4.78 is 0. The minimum atomic E-state index is 0.240. The van der Waals surface area contributed by atoms with E-state index in [-0.39, 0.29) is 5.92 Å². The van der Waals surface area contributed by atoms with Gasteiger partial charge < -0.3 is 4.90 Å². The van der Waals surface area contributed by atoms with Crippen molar-refractivity contribution in [3.8, 4) is 0 Å². The fourth-order valence-electron chi connectivity index (χ4n) is 3.36. The highest BCUT2D eigenvalue weighted by Gasteiger charge is 2.28. The number of nitrogens with one attached hydrogen (secondary N) is 1. The number of hydrogen-bond acceptors (Lipinski definition) is 2. The second-order valence-corrected chi connectivity index (χ2v) is 5.74. The summed E-state index contributed by atoms with van der Waals surface area (Å²) in [4.78, 5) is 14.5. The van der Waals surface area contributed by atoms with E-state index in [4.69, 9.17) is 0 Å². The van der Waals surface area contributed by atoms with Crippen LogP contribution in [0.1, 0.15) is 62.4 Å². The maximum absolute atomic E-state index is 12.4. The van der Waals surface area contributed by atoms with E-state index in [1.165, 1.54) is 12.0 Å². The van der Waals surface area contributed by atoms with E-state index in [2.05, 4.69) is 28.9 Å². The van der Waals surface area contributed by atoms with Gasteiger partial charge in [-0.2, -0.15) is 5.10 Å². The first-order valence-corrected chi connectivity index (χ1v) is 7.35. The lowest BCUT2D eigenvalue weighted by Crippen LogP contribution is -2.35. The van der Waals surface area contributed by atoms with Gasteiger partial charge in [0.05, 0.1) is 5.69 Å². The smallest absolute Gasteiger partial charge is 0.223 e. The van der Waals surface area contributed by atoms with Gasteiger partial charge in [0.25, 0.3) is 0 Å². The summed E-state index contributed by atoms with van der Waals surface area (Å²) in [6.07, 6.45) is 3.99. The number of carbonyl (C=O) groups is 1. The molecule has 0 saturated carbocycles. The highest BCUT2D eigenvalue weighted by atomic mass is 16.2. The lowest BCUT2D eigenvalue weighted by atomic mass is 9.95. The van der Waals surface area contributed by atoms with E-state index >= 15 is 0 Å². The third-order valence-electron chi connectivity index (χ3n) is 4.33. The fraction of sp³-hybridized carbons (Fsp3) is 0.733. The Morgan fingerprint density at radius 1 is 1.53 bits per heavy atom. The fourth-order valence-corrected chi connectivity index (χ4v) is 3.36. The van der Waals surface area contributed by atoms with Gasteiger partial charge in [-0.3, -0.25) is 9.89 Å². The third kappa shape index (κ3) is 2.82.